The van der Waals surface area contributed by atoms with Gasteiger partial charge in [-0.2, -0.15) is 0 Å². The highest BCUT2D eigenvalue weighted by Crippen LogP contribution is 2.16. The largest absolute Gasteiger partial charge is 0.388 e. The third-order valence-corrected chi connectivity index (χ3v) is 3.21. The molecule has 0 aromatic carbocycles. The third-order valence-electron chi connectivity index (χ3n) is 3.21. The molecule has 2 fully saturated rings. The van der Waals surface area contributed by atoms with E-state index in [1.54, 1.807) is 12.0 Å². The lowest BCUT2D eigenvalue weighted by molar-refractivity contribution is -0.132. The highest BCUT2D eigenvalue weighted by Gasteiger charge is 2.37. The van der Waals surface area contributed by atoms with Gasteiger partial charge in [0.2, 0.25) is 5.91 Å². The highest BCUT2D eigenvalue weighted by molar-refractivity contribution is 5.82. The second-order valence-electron chi connectivity index (χ2n) is 4.23. The summed E-state index contributed by atoms with van der Waals surface area (Å²) in [6, 6.07) is -0.0483. The van der Waals surface area contributed by atoms with Gasteiger partial charge in [0.25, 0.3) is 0 Å². The number of aliphatic hydroxyl groups is 1. The fourth-order valence-corrected chi connectivity index (χ4v) is 2.28. The number of nitrogens with one attached hydrogen (secondary N) is 1. The summed E-state index contributed by atoms with van der Waals surface area (Å²) >= 11 is 0. The van der Waals surface area contributed by atoms with Crippen LogP contribution < -0.4 is 5.32 Å². The predicted molar refractivity (Wildman–Crippen MR) is 54.4 cm³/mol. The number of methoxy groups -OCH3 is 1. The normalized spacial score (nSPS) is 36.1. The van der Waals surface area contributed by atoms with Crippen LogP contribution >= 0.6 is 0 Å². The van der Waals surface area contributed by atoms with Crippen molar-refractivity contribution in [2.45, 2.75) is 31.1 Å². The van der Waals surface area contributed by atoms with Gasteiger partial charge >= 0.3 is 0 Å². The van der Waals surface area contributed by atoms with Crippen molar-refractivity contribution in [3.63, 3.8) is 0 Å². The van der Waals surface area contributed by atoms with Gasteiger partial charge in [0.15, 0.2) is 0 Å². The van der Waals surface area contributed by atoms with Crippen molar-refractivity contribution >= 4 is 5.91 Å². The Hall–Kier alpha value is -0.650. The average Bonchev–Trinajstić information content (AvgIpc) is 2.85. The molecule has 5 heteroatoms. The Morgan fingerprint density at radius 1 is 1.53 bits per heavy atom. The second kappa shape index (κ2) is 4.47. The molecule has 0 aliphatic carbocycles. The Morgan fingerprint density at radius 3 is 2.87 bits per heavy atom. The summed E-state index contributed by atoms with van der Waals surface area (Å²) < 4.78 is 5.10. The molecule has 0 saturated carbocycles. The summed E-state index contributed by atoms with van der Waals surface area (Å²) in [5.74, 6) is 0.103. The number of hydrogen-bond donors (Lipinski definition) is 2. The summed E-state index contributed by atoms with van der Waals surface area (Å²) in [7, 11) is 1.57. The number of likely N-dealkylation sites (tertiary alicyclic amines) is 1. The van der Waals surface area contributed by atoms with Crippen LogP contribution in [0.5, 0.6) is 0 Å². The van der Waals surface area contributed by atoms with Crippen molar-refractivity contribution in [1.29, 1.82) is 0 Å². The molecule has 2 aliphatic rings. The fourth-order valence-electron chi connectivity index (χ4n) is 2.28. The Bertz CT molecular complexity index is 241. The molecule has 2 aliphatic heterocycles. The summed E-state index contributed by atoms with van der Waals surface area (Å²) in [6.45, 7) is 1.82. The number of carbonyl (C=O) groups is 1. The molecule has 0 unspecified atom stereocenters. The van der Waals surface area contributed by atoms with Crippen molar-refractivity contribution < 1.29 is 14.6 Å². The first-order chi connectivity index (χ1) is 7.22. The molecule has 3 atom stereocenters. The van der Waals surface area contributed by atoms with Crippen LogP contribution in [-0.2, 0) is 9.53 Å². The number of aliphatic hydroxyl groups excluding tert-OH is 1. The van der Waals surface area contributed by atoms with Crippen molar-refractivity contribution in [3.8, 4) is 0 Å². The first kappa shape index (κ1) is 10.9. The molecular weight excluding hydrogens is 196 g/mol. The summed E-state index contributed by atoms with van der Waals surface area (Å²) in [6.07, 6.45) is 1.19. The van der Waals surface area contributed by atoms with Crippen molar-refractivity contribution in [1.82, 2.24) is 10.2 Å². The van der Waals surface area contributed by atoms with E-state index >= 15 is 0 Å². The SMILES string of the molecule is CO[C@@H]1CN(C(=O)[C@H]2CCCN2)C[C@H]1O. The minimum Gasteiger partial charge on any atom is -0.388 e. The maximum Gasteiger partial charge on any atom is 0.239 e. The maximum absolute atomic E-state index is 12.0. The lowest BCUT2D eigenvalue weighted by Crippen LogP contribution is -2.43. The van der Waals surface area contributed by atoms with Crippen LogP contribution in [0.4, 0.5) is 0 Å². The van der Waals surface area contributed by atoms with E-state index in [0.717, 1.165) is 19.4 Å². The number of β-amino-alcohol motifs (C(OH)–C–C–N with tert-alkyl or cyclic N) is 1. The zero-order valence-electron chi connectivity index (χ0n) is 8.98. The lowest BCUT2D eigenvalue weighted by Gasteiger charge is -2.19. The molecule has 0 bridgehead atoms. The number of carbonyl (C=O) groups excluding carboxylic acids is 1. The number of amides is 1. The molecule has 0 radical (unpaired) electrons. The Balaban J connectivity index is 1.91. The van der Waals surface area contributed by atoms with Crippen LogP contribution in [-0.4, -0.2) is 60.9 Å². The van der Waals surface area contributed by atoms with Crippen molar-refractivity contribution in [3.05, 3.63) is 0 Å². The summed E-state index contributed by atoms with van der Waals surface area (Å²) in [4.78, 5) is 13.6. The Morgan fingerprint density at radius 2 is 2.33 bits per heavy atom. The van der Waals surface area contributed by atoms with E-state index in [1.807, 2.05) is 0 Å². The van der Waals surface area contributed by atoms with E-state index in [1.165, 1.54) is 0 Å². The fraction of sp³-hybridized carbons (Fsp3) is 0.900. The third kappa shape index (κ3) is 2.14. The molecule has 5 nitrogen and oxygen atoms in total. The first-order valence-corrected chi connectivity index (χ1v) is 5.45. The standard InChI is InChI=1S/C10H18N2O3/c1-15-9-6-12(5-8(9)13)10(14)7-3-2-4-11-7/h7-9,11,13H,2-6H2,1H3/t7-,8-,9-/m1/s1. The molecule has 0 aromatic rings. The average molecular weight is 214 g/mol. The van der Waals surface area contributed by atoms with Crippen LogP contribution in [0.15, 0.2) is 0 Å². The lowest BCUT2D eigenvalue weighted by atomic mass is 10.2. The quantitative estimate of drug-likeness (QED) is 0.616. The molecule has 2 heterocycles. The molecule has 1 amide bonds. The van der Waals surface area contributed by atoms with Gasteiger partial charge in [-0.25, -0.2) is 0 Å². The van der Waals surface area contributed by atoms with Gasteiger partial charge in [0, 0.05) is 20.2 Å². The minimum atomic E-state index is -0.541. The molecule has 15 heavy (non-hydrogen) atoms. The van der Waals surface area contributed by atoms with Gasteiger partial charge in [-0.3, -0.25) is 4.79 Å². The smallest absolute Gasteiger partial charge is 0.239 e. The second-order valence-corrected chi connectivity index (χ2v) is 4.23. The minimum absolute atomic E-state index is 0.0483. The highest BCUT2D eigenvalue weighted by atomic mass is 16.5. The monoisotopic (exact) mass is 214 g/mol. The van der Waals surface area contributed by atoms with Crippen molar-refractivity contribution in [2.24, 2.45) is 0 Å². The molecule has 2 saturated heterocycles. The summed E-state index contributed by atoms with van der Waals surface area (Å²) in [5.41, 5.74) is 0. The number of ether oxygens (including phenoxy) is 1. The molecule has 86 valence electrons. The van der Waals surface area contributed by atoms with Gasteiger partial charge < -0.3 is 20.1 Å². The van der Waals surface area contributed by atoms with E-state index in [0.29, 0.717) is 13.1 Å². The van der Waals surface area contributed by atoms with E-state index in [-0.39, 0.29) is 18.1 Å². The zero-order chi connectivity index (χ0) is 10.8. The van der Waals surface area contributed by atoms with Crippen LogP contribution in [0.3, 0.4) is 0 Å². The molecular formula is C10H18N2O3. The first-order valence-electron chi connectivity index (χ1n) is 5.45. The van der Waals surface area contributed by atoms with E-state index in [9.17, 15) is 9.90 Å². The van der Waals surface area contributed by atoms with Crippen LogP contribution in [0.25, 0.3) is 0 Å². The van der Waals surface area contributed by atoms with E-state index in [4.69, 9.17) is 4.74 Å². The number of hydrogen-bond acceptors (Lipinski definition) is 4. The van der Waals surface area contributed by atoms with Gasteiger partial charge in [-0.15, -0.1) is 0 Å². The predicted octanol–water partition coefficient (Wildman–Crippen LogP) is -1.04. The Kier molecular flexibility index (Phi) is 3.23. The Labute approximate surface area is 89.4 Å². The maximum atomic E-state index is 12.0. The number of nitrogens with zero attached hydrogens (tertiary/aromatic N) is 1. The van der Waals surface area contributed by atoms with Gasteiger partial charge in [0.05, 0.1) is 12.1 Å². The molecule has 0 spiro atoms. The van der Waals surface area contributed by atoms with E-state index in [2.05, 4.69) is 5.32 Å². The molecule has 2 N–H and O–H groups in total. The van der Waals surface area contributed by atoms with Crippen molar-refractivity contribution in [2.75, 3.05) is 26.7 Å². The molecule has 2 rings (SSSR count). The van der Waals surface area contributed by atoms with E-state index < -0.39 is 6.10 Å². The summed E-state index contributed by atoms with van der Waals surface area (Å²) in [5, 5.41) is 12.8. The zero-order valence-corrected chi connectivity index (χ0v) is 8.98. The number of rotatable bonds is 2. The van der Waals surface area contributed by atoms with Gasteiger partial charge in [0.1, 0.15) is 6.10 Å². The van der Waals surface area contributed by atoms with Crippen LogP contribution in [0.2, 0.25) is 0 Å². The van der Waals surface area contributed by atoms with Crippen LogP contribution in [0, 0.1) is 0 Å². The topological polar surface area (TPSA) is 61.8 Å². The van der Waals surface area contributed by atoms with Crippen LogP contribution in [0.1, 0.15) is 12.8 Å². The van der Waals surface area contributed by atoms with Gasteiger partial charge in [-0.1, -0.05) is 0 Å². The molecule has 0 aromatic heterocycles. The van der Waals surface area contributed by atoms with Gasteiger partial charge in [-0.05, 0) is 19.4 Å².